The SMILES string of the molecule is COCCN1C[C@H]2CN(Cc3cccc(OC)c3)CCN2C1=O. The van der Waals surface area contributed by atoms with Crippen molar-refractivity contribution in [2.75, 3.05) is 53.6 Å². The molecule has 1 aromatic rings. The van der Waals surface area contributed by atoms with Gasteiger partial charge in [-0.15, -0.1) is 0 Å². The number of fused-ring (bicyclic) bond motifs is 1. The first-order valence-electron chi connectivity index (χ1n) is 8.11. The van der Waals surface area contributed by atoms with Gasteiger partial charge in [-0.3, -0.25) is 4.90 Å². The number of hydrogen-bond donors (Lipinski definition) is 0. The van der Waals surface area contributed by atoms with Gasteiger partial charge in [-0.05, 0) is 17.7 Å². The zero-order chi connectivity index (χ0) is 16.2. The van der Waals surface area contributed by atoms with Crippen molar-refractivity contribution in [1.82, 2.24) is 14.7 Å². The normalized spacial score (nSPS) is 21.7. The zero-order valence-corrected chi connectivity index (χ0v) is 13.9. The number of nitrogens with zero attached hydrogens (tertiary/aromatic N) is 3. The summed E-state index contributed by atoms with van der Waals surface area (Å²) in [6.45, 7) is 5.61. The van der Waals surface area contributed by atoms with E-state index in [0.29, 0.717) is 19.2 Å². The van der Waals surface area contributed by atoms with Crippen molar-refractivity contribution < 1.29 is 14.3 Å². The Kier molecular flexibility index (Phi) is 5.03. The summed E-state index contributed by atoms with van der Waals surface area (Å²) in [5, 5.41) is 0. The third kappa shape index (κ3) is 3.59. The molecule has 2 heterocycles. The van der Waals surface area contributed by atoms with E-state index in [1.165, 1.54) is 5.56 Å². The lowest BCUT2D eigenvalue weighted by Crippen LogP contribution is -2.51. The van der Waals surface area contributed by atoms with Crippen LogP contribution in [0.15, 0.2) is 24.3 Å². The molecule has 0 radical (unpaired) electrons. The molecule has 3 rings (SSSR count). The maximum Gasteiger partial charge on any atom is 0.320 e. The number of piperazine rings is 1. The van der Waals surface area contributed by atoms with Crippen molar-refractivity contribution in [3.8, 4) is 5.75 Å². The van der Waals surface area contributed by atoms with Crippen LogP contribution in [0.4, 0.5) is 4.79 Å². The van der Waals surface area contributed by atoms with Gasteiger partial charge < -0.3 is 19.3 Å². The number of amides is 2. The zero-order valence-electron chi connectivity index (χ0n) is 13.9. The Balaban J connectivity index is 1.58. The number of hydrogen-bond acceptors (Lipinski definition) is 4. The molecule has 23 heavy (non-hydrogen) atoms. The van der Waals surface area contributed by atoms with E-state index in [9.17, 15) is 4.79 Å². The summed E-state index contributed by atoms with van der Waals surface area (Å²) >= 11 is 0. The van der Waals surface area contributed by atoms with Crippen molar-refractivity contribution in [3.63, 3.8) is 0 Å². The lowest BCUT2D eigenvalue weighted by molar-refractivity contribution is 0.116. The predicted octanol–water partition coefficient (Wildman–Crippen LogP) is 1.26. The summed E-state index contributed by atoms with van der Waals surface area (Å²) in [5.41, 5.74) is 1.25. The first kappa shape index (κ1) is 16.1. The molecule has 2 saturated heterocycles. The Bertz CT molecular complexity index is 552. The van der Waals surface area contributed by atoms with Crippen LogP contribution in [-0.2, 0) is 11.3 Å². The number of carbonyl (C=O) groups is 1. The van der Waals surface area contributed by atoms with E-state index in [0.717, 1.165) is 38.5 Å². The third-order valence-corrected chi connectivity index (χ3v) is 4.62. The van der Waals surface area contributed by atoms with Gasteiger partial charge in [0.05, 0.1) is 19.8 Å². The summed E-state index contributed by atoms with van der Waals surface area (Å²) in [6, 6.07) is 8.64. The van der Waals surface area contributed by atoms with Gasteiger partial charge in [0.15, 0.2) is 0 Å². The molecule has 0 aromatic heterocycles. The molecule has 126 valence electrons. The summed E-state index contributed by atoms with van der Waals surface area (Å²) in [7, 11) is 3.36. The van der Waals surface area contributed by atoms with E-state index >= 15 is 0 Å². The average Bonchev–Trinajstić information content (AvgIpc) is 2.88. The highest BCUT2D eigenvalue weighted by Crippen LogP contribution is 2.22. The van der Waals surface area contributed by atoms with Gasteiger partial charge in [0, 0.05) is 46.4 Å². The maximum atomic E-state index is 12.4. The molecule has 2 aliphatic heterocycles. The van der Waals surface area contributed by atoms with Crippen LogP contribution in [0.1, 0.15) is 5.56 Å². The van der Waals surface area contributed by atoms with Crippen LogP contribution < -0.4 is 4.74 Å². The number of urea groups is 1. The van der Waals surface area contributed by atoms with E-state index in [1.54, 1.807) is 14.2 Å². The second kappa shape index (κ2) is 7.19. The molecule has 2 amide bonds. The van der Waals surface area contributed by atoms with Crippen LogP contribution in [0.5, 0.6) is 5.75 Å². The highest BCUT2D eigenvalue weighted by Gasteiger charge is 2.40. The van der Waals surface area contributed by atoms with Gasteiger partial charge >= 0.3 is 6.03 Å². The third-order valence-electron chi connectivity index (χ3n) is 4.62. The monoisotopic (exact) mass is 319 g/mol. The van der Waals surface area contributed by atoms with E-state index < -0.39 is 0 Å². The van der Waals surface area contributed by atoms with Crippen LogP contribution in [0, 0.1) is 0 Å². The molecule has 0 spiro atoms. The van der Waals surface area contributed by atoms with E-state index in [2.05, 4.69) is 17.0 Å². The number of benzene rings is 1. The number of ether oxygens (including phenoxy) is 2. The number of carbonyl (C=O) groups excluding carboxylic acids is 1. The van der Waals surface area contributed by atoms with E-state index in [-0.39, 0.29) is 6.03 Å². The highest BCUT2D eigenvalue weighted by molar-refractivity contribution is 5.77. The fourth-order valence-electron chi connectivity index (χ4n) is 3.40. The molecule has 1 atom stereocenters. The van der Waals surface area contributed by atoms with E-state index in [4.69, 9.17) is 9.47 Å². The minimum atomic E-state index is 0.160. The Morgan fingerprint density at radius 1 is 1.22 bits per heavy atom. The van der Waals surface area contributed by atoms with E-state index in [1.807, 2.05) is 21.9 Å². The largest absolute Gasteiger partial charge is 0.497 e. The van der Waals surface area contributed by atoms with Crippen molar-refractivity contribution in [2.24, 2.45) is 0 Å². The molecule has 0 unspecified atom stereocenters. The maximum absolute atomic E-state index is 12.4. The van der Waals surface area contributed by atoms with Crippen LogP contribution in [-0.4, -0.2) is 80.3 Å². The van der Waals surface area contributed by atoms with Crippen LogP contribution in [0.2, 0.25) is 0 Å². The van der Waals surface area contributed by atoms with Gasteiger partial charge in [-0.2, -0.15) is 0 Å². The Morgan fingerprint density at radius 3 is 2.87 bits per heavy atom. The predicted molar refractivity (Wildman–Crippen MR) is 87.6 cm³/mol. The van der Waals surface area contributed by atoms with Crippen molar-refractivity contribution >= 4 is 6.03 Å². The first-order valence-corrected chi connectivity index (χ1v) is 8.11. The molecule has 0 saturated carbocycles. The first-order chi connectivity index (χ1) is 11.2. The molecule has 2 fully saturated rings. The van der Waals surface area contributed by atoms with Crippen molar-refractivity contribution in [2.45, 2.75) is 12.6 Å². The molecule has 0 aliphatic carbocycles. The second-order valence-corrected chi connectivity index (χ2v) is 6.16. The van der Waals surface area contributed by atoms with Gasteiger partial charge in [-0.1, -0.05) is 12.1 Å². The summed E-state index contributed by atoms with van der Waals surface area (Å²) in [6.07, 6.45) is 0. The van der Waals surface area contributed by atoms with Crippen molar-refractivity contribution in [3.05, 3.63) is 29.8 Å². The number of methoxy groups -OCH3 is 2. The van der Waals surface area contributed by atoms with Gasteiger partial charge in [0.25, 0.3) is 0 Å². The quantitative estimate of drug-likeness (QED) is 0.792. The fraction of sp³-hybridized carbons (Fsp3) is 0.588. The van der Waals surface area contributed by atoms with Gasteiger partial charge in [-0.25, -0.2) is 4.79 Å². The molecule has 1 aromatic carbocycles. The lowest BCUT2D eigenvalue weighted by atomic mass is 10.1. The van der Waals surface area contributed by atoms with Crippen LogP contribution in [0.3, 0.4) is 0 Å². The smallest absolute Gasteiger partial charge is 0.320 e. The Morgan fingerprint density at radius 2 is 2.09 bits per heavy atom. The molecule has 2 aliphatic rings. The van der Waals surface area contributed by atoms with Crippen molar-refractivity contribution in [1.29, 1.82) is 0 Å². The Labute approximate surface area is 137 Å². The van der Waals surface area contributed by atoms with Crippen LogP contribution in [0.25, 0.3) is 0 Å². The van der Waals surface area contributed by atoms with Gasteiger partial charge in [0.1, 0.15) is 5.75 Å². The molecule has 6 nitrogen and oxygen atoms in total. The minimum Gasteiger partial charge on any atom is -0.497 e. The molecular weight excluding hydrogens is 294 g/mol. The average molecular weight is 319 g/mol. The van der Waals surface area contributed by atoms with Crippen LogP contribution >= 0.6 is 0 Å². The second-order valence-electron chi connectivity index (χ2n) is 6.16. The van der Waals surface area contributed by atoms with Gasteiger partial charge in [0.2, 0.25) is 0 Å². The summed E-state index contributed by atoms with van der Waals surface area (Å²) in [4.78, 5) is 18.7. The summed E-state index contributed by atoms with van der Waals surface area (Å²) in [5.74, 6) is 0.892. The molecule has 6 heteroatoms. The summed E-state index contributed by atoms with van der Waals surface area (Å²) < 4.78 is 10.4. The molecular formula is C17H25N3O3. The fourth-order valence-corrected chi connectivity index (χ4v) is 3.40. The molecule has 0 N–H and O–H groups in total. The number of rotatable bonds is 6. The lowest BCUT2D eigenvalue weighted by Gasteiger charge is -2.36. The topological polar surface area (TPSA) is 45.2 Å². The Hall–Kier alpha value is -1.79. The highest BCUT2D eigenvalue weighted by atomic mass is 16.5. The minimum absolute atomic E-state index is 0.160. The molecule has 0 bridgehead atoms. The standard InChI is InChI=1S/C17H25N3O3/c1-22-9-8-19-13-15-12-18(6-7-20(15)17(19)21)11-14-4-3-5-16(10-14)23-2/h3-5,10,15H,6-9,11-13H2,1-2H3/t15-/m1/s1.